The summed E-state index contributed by atoms with van der Waals surface area (Å²) in [5.41, 5.74) is 2.10. The van der Waals surface area contributed by atoms with Crippen LogP contribution in [0.25, 0.3) is 0 Å². The van der Waals surface area contributed by atoms with Crippen molar-refractivity contribution in [1.82, 2.24) is 5.43 Å². The van der Waals surface area contributed by atoms with Crippen LogP contribution in [0.4, 0.5) is 5.69 Å². The summed E-state index contributed by atoms with van der Waals surface area (Å²) in [6, 6.07) is 8.97. The summed E-state index contributed by atoms with van der Waals surface area (Å²) >= 11 is 9.00. The van der Waals surface area contributed by atoms with Crippen LogP contribution in [0.3, 0.4) is 0 Å². The monoisotopic (exact) mass is 397 g/mol. The predicted molar refractivity (Wildman–Crippen MR) is 89.0 cm³/mol. The van der Waals surface area contributed by atoms with Gasteiger partial charge in [-0.3, -0.25) is 14.9 Å². The van der Waals surface area contributed by atoms with Gasteiger partial charge < -0.3 is 5.11 Å². The molecule has 0 aliphatic rings. The van der Waals surface area contributed by atoms with Crippen LogP contribution in [-0.4, -0.2) is 22.2 Å². The van der Waals surface area contributed by atoms with Gasteiger partial charge in [-0.15, -0.1) is 0 Å². The van der Waals surface area contributed by atoms with E-state index in [1.165, 1.54) is 6.07 Å². The molecule has 2 aromatic carbocycles. The molecule has 0 bridgehead atoms. The van der Waals surface area contributed by atoms with E-state index < -0.39 is 22.3 Å². The molecule has 0 radical (unpaired) electrons. The second kappa shape index (κ2) is 7.21. The highest BCUT2D eigenvalue weighted by Gasteiger charge is 2.17. The number of nitrogens with one attached hydrogen (secondary N) is 1. The maximum atomic E-state index is 11.9. The number of hydrazone groups is 1. The molecule has 23 heavy (non-hydrogen) atoms. The van der Waals surface area contributed by atoms with E-state index >= 15 is 0 Å². The topological polar surface area (TPSA) is 105 Å². The van der Waals surface area contributed by atoms with E-state index in [4.69, 9.17) is 11.6 Å². The molecule has 0 atom stereocenters. The number of phenols is 1. The van der Waals surface area contributed by atoms with E-state index in [1.807, 2.05) is 0 Å². The molecule has 0 saturated heterocycles. The number of hydrogen-bond donors (Lipinski definition) is 2. The fourth-order valence-electron chi connectivity index (χ4n) is 1.70. The zero-order valence-electron chi connectivity index (χ0n) is 11.4. The largest absolute Gasteiger partial charge is 0.502 e. The van der Waals surface area contributed by atoms with Gasteiger partial charge in [-0.1, -0.05) is 33.6 Å². The fraction of sp³-hybridized carbons (Fsp3) is 0. The van der Waals surface area contributed by atoms with Crippen molar-refractivity contribution in [3.63, 3.8) is 0 Å². The predicted octanol–water partition coefficient (Wildman–Crippen LogP) is 3.48. The summed E-state index contributed by atoms with van der Waals surface area (Å²) in [7, 11) is 0. The van der Waals surface area contributed by atoms with E-state index in [1.54, 1.807) is 24.3 Å². The molecule has 118 valence electrons. The number of nitrogens with zero attached hydrogens (tertiary/aromatic N) is 2. The highest BCUT2D eigenvalue weighted by molar-refractivity contribution is 9.10. The zero-order valence-corrected chi connectivity index (χ0v) is 13.7. The number of aromatic hydroxyl groups is 1. The van der Waals surface area contributed by atoms with Crippen LogP contribution in [0.2, 0.25) is 5.02 Å². The van der Waals surface area contributed by atoms with Crippen molar-refractivity contribution < 1.29 is 14.8 Å². The van der Waals surface area contributed by atoms with Gasteiger partial charge >= 0.3 is 5.69 Å². The Hall–Kier alpha value is -2.45. The minimum Gasteiger partial charge on any atom is -0.502 e. The number of rotatable bonds is 4. The lowest BCUT2D eigenvalue weighted by atomic mass is 10.2. The Balaban J connectivity index is 2.18. The minimum absolute atomic E-state index is 0.0127. The van der Waals surface area contributed by atoms with Gasteiger partial charge in [0.25, 0.3) is 5.91 Å². The summed E-state index contributed by atoms with van der Waals surface area (Å²) in [6.45, 7) is 0. The van der Waals surface area contributed by atoms with Gasteiger partial charge in [0.15, 0.2) is 0 Å². The molecule has 0 unspecified atom stereocenters. The number of nitro groups is 1. The molecule has 0 aromatic heterocycles. The van der Waals surface area contributed by atoms with Crippen molar-refractivity contribution in [2.24, 2.45) is 5.10 Å². The molecule has 9 heteroatoms. The maximum absolute atomic E-state index is 11.9. The Bertz CT molecular complexity index is 811. The number of benzene rings is 2. The number of phenolic OH excluding ortho intramolecular Hbond substituents is 1. The SMILES string of the molecule is O=C(N/N=C/c1cc(Cl)cc([N+](=O)[O-])c1O)c1cccc(Br)c1. The number of amides is 1. The van der Waals surface area contributed by atoms with Gasteiger partial charge in [-0.25, -0.2) is 5.43 Å². The van der Waals surface area contributed by atoms with Crippen LogP contribution in [0.1, 0.15) is 15.9 Å². The molecule has 2 N–H and O–H groups in total. The first-order valence-electron chi connectivity index (χ1n) is 6.14. The number of carbonyl (C=O) groups is 1. The highest BCUT2D eigenvalue weighted by atomic mass is 79.9. The summed E-state index contributed by atoms with van der Waals surface area (Å²) in [6.07, 6.45) is 1.07. The summed E-state index contributed by atoms with van der Waals surface area (Å²) in [5.74, 6) is -1.06. The van der Waals surface area contributed by atoms with Gasteiger partial charge in [0.05, 0.1) is 11.1 Å². The molecular formula is C14H9BrClN3O4. The summed E-state index contributed by atoms with van der Waals surface area (Å²) in [4.78, 5) is 21.9. The number of nitro benzene ring substituents is 1. The van der Waals surface area contributed by atoms with Crippen molar-refractivity contribution in [3.05, 3.63) is 67.1 Å². The zero-order chi connectivity index (χ0) is 17.0. The van der Waals surface area contributed by atoms with Crippen LogP contribution >= 0.6 is 27.5 Å². The second-order valence-electron chi connectivity index (χ2n) is 4.33. The molecular weight excluding hydrogens is 390 g/mol. The molecule has 0 aliphatic carbocycles. The molecule has 0 spiro atoms. The smallest absolute Gasteiger partial charge is 0.312 e. The highest BCUT2D eigenvalue weighted by Crippen LogP contribution is 2.32. The van der Waals surface area contributed by atoms with Crippen LogP contribution < -0.4 is 5.43 Å². The van der Waals surface area contributed by atoms with Crippen LogP contribution in [0, 0.1) is 10.1 Å². The Kier molecular flexibility index (Phi) is 5.30. The second-order valence-corrected chi connectivity index (χ2v) is 5.68. The molecule has 1 amide bonds. The lowest BCUT2D eigenvalue weighted by Gasteiger charge is -2.02. The standard InChI is InChI=1S/C14H9BrClN3O4/c15-10-3-1-2-8(4-10)14(21)18-17-7-9-5-11(16)6-12(13(9)20)19(22)23/h1-7,20H,(H,18,21)/b17-7+. The van der Waals surface area contributed by atoms with Gasteiger partial charge in [-0.05, 0) is 24.3 Å². The lowest BCUT2D eigenvalue weighted by molar-refractivity contribution is -0.385. The lowest BCUT2D eigenvalue weighted by Crippen LogP contribution is -2.17. The normalized spacial score (nSPS) is 10.7. The molecule has 0 saturated carbocycles. The maximum Gasteiger partial charge on any atom is 0.312 e. The van der Waals surface area contributed by atoms with E-state index in [-0.39, 0.29) is 10.6 Å². The number of carbonyl (C=O) groups excluding carboxylic acids is 1. The van der Waals surface area contributed by atoms with Gasteiger partial charge in [-0.2, -0.15) is 5.10 Å². The third kappa shape index (κ3) is 4.27. The molecule has 0 heterocycles. The fourth-order valence-corrected chi connectivity index (χ4v) is 2.32. The molecule has 2 rings (SSSR count). The minimum atomic E-state index is -0.765. The Morgan fingerprint density at radius 2 is 2.13 bits per heavy atom. The van der Waals surface area contributed by atoms with Crippen LogP contribution in [0.15, 0.2) is 46.0 Å². The van der Waals surface area contributed by atoms with Gasteiger partial charge in [0.1, 0.15) is 0 Å². The Morgan fingerprint density at radius 1 is 1.39 bits per heavy atom. The molecule has 7 nitrogen and oxygen atoms in total. The third-order valence-corrected chi connectivity index (χ3v) is 3.45. The average Bonchev–Trinajstić information content (AvgIpc) is 2.49. The average molecular weight is 399 g/mol. The molecule has 0 fully saturated rings. The Morgan fingerprint density at radius 3 is 2.78 bits per heavy atom. The first-order chi connectivity index (χ1) is 10.9. The van der Waals surface area contributed by atoms with Crippen molar-refractivity contribution in [3.8, 4) is 5.75 Å². The quantitative estimate of drug-likeness (QED) is 0.467. The first-order valence-corrected chi connectivity index (χ1v) is 7.31. The van der Waals surface area contributed by atoms with E-state index in [9.17, 15) is 20.0 Å². The summed E-state index contributed by atoms with van der Waals surface area (Å²) < 4.78 is 0.734. The van der Waals surface area contributed by atoms with Gasteiger partial charge in [0.2, 0.25) is 5.75 Å². The number of hydrogen-bond acceptors (Lipinski definition) is 5. The summed E-state index contributed by atoms with van der Waals surface area (Å²) in [5, 5.41) is 24.3. The van der Waals surface area contributed by atoms with Crippen molar-refractivity contribution >= 4 is 45.3 Å². The number of halogens is 2. The van der Waals surface area contributed by atoms with Crippen molar-refractivity contribution in [2.45, 2.75) is 0 Å². The van der Waals surface area contributed by atoms with E-state index in [2.05, 4.69) is 26.5 Å². The Labute approximate surface area is 143 Å². The van der Waals surface area contributed by atoms with Crippen molar-refractivity contribution in [1.29, 1.82) is 0 Å². The van der Waals surface area contributed by atoms with Crippen LogP contribution in [0.5, 0.6) is 5.75 Å². The first kappa shape index (κ1) is 16.9. The van der Waals surface area contributed by atoms with E-state index in [0.717, 1.165) is 16.8 Å². The van der Waals surface area contributed by atoms with Crippen molar-refractivity contribution in [2.75, 3.05) is 0 Å². The van der Waals surface area contributed by atoms with Gasteiger partial charge in [0, 0.05) is 26.7 Å². The third-order valence-electron chi connectivity index (χ3n) is 2.74. The molecule has 2 aromatic rings. The molecule has 0 aliphatic heterocycles. The van der Waals surface area contributed by atoms with Crippen LogP contribution in [-0.2, 0) is 0 Å². The van der Waals surface area contributed by atoms with E-state index in [0.29, 0.717) is 5.56 Å².